The van der Waals surface area contributed by atoms with Gasteiger partial charge in [-0.15, -0.1) is 0 Å². The van der Waals surface area contributed by atoms with E-state index in [0.29, 0.717) is 0 Å². The summed E-state index contributed by atoms with van der Waals surface area (Å²) < 4.78 is 5.83. The fourth-order valence-corrected chi connectivity index (χ4v) is 2.62. The van der Waals surface area contributed by atoms with Gasteiger partial charge in [0.1, 0.15) is 11.9 Å². The molecule has 1 unspecified atom stereocenters. The number of aliphatic hydroxyl groups is 1. The molecule has 0 amide bonds. The fourth-order valence-electron chi connectivity index (χ4n) is 2.62. The highest BCUT2D eigenvalue weighted by atomic mass is 16.5. The molecular formula is C17H20N2O2. The Bertz CT molecular complexity index is 627. The molecule has 1 fully saturated rings. The molecule has 21 heavy (non-hydrogen) atoms. The van der Waals surface area contributed by atoms with Crippen LogP contribution in [0.15, 0.2) is 47.1 Å². The summed E-state index contributed by atoms with van der Waals surface area (Å²) in [4.78, 5) is 4.49. The van der Waals surface area contributed by atoms with Gasteiger partial charge in [0.2, 0.25) is 0 Å². The summed E-state index contributed by atoms with van der Waals surface area (Å²) in [6.07, 6.45) is 7.36. The number of aliphatic imine (C=N–C) groups is 1. The monoisotopic (exact) mass is 284 g/mol. The number of rotatable bonds is 5. The number of ether oxygens (including phenoxy) is 1. The van der Waals surface area contributed by atoms with Gasteiger partial charge in [-0.3, -0.25) is 4.99 Å². The van der Waals surface area contributed by atoms with E-state index in [-0.39, 0.29) is 18.2 Å². The molecule has 1 aromatic rings. The zero-order valence-electron chi connectivity index (χ0n) is 12.1. The number of benzene rings is 1. The highest BCUT2D eigenvalue weighted by molar-refractivity contribution is 6.03. The minimum atomic E-state index is -0.246. The molecule has 1 atom stereocenters. The first-order chi connectivity index (χ1) is 10.2. The molecule has 1 aliphatic heterocycles. The molecule has 110 valence electrons. The number of nitrogens with zero attached hydrogens (tertiary/aromatic N) is 1. The van der Waals surface area contributed by atoms with E-state index < -0.39 is 0 Å². The Morgan fingerprint density at radius 3 is 2.81 bits per heavy atom. The quantitative estimate of drug-likeness (QED) is 0.871. The van der Waals surface area contributed by atoms with Crippen molar-refractivity contribution >= 4 is 11.8 Å². The van der Waals surface area contributed by atoms with Crippen LogP contribution in [0.3, 0.4) is 0 Å². The van der Waals surface area contributed by atoms with Gasteiger partial charge < -0.3 is 15.6 Å². The van der Waals surface area contributed by atoms with Crippen molar-refractivity contribution in [2.45, 2.75) is 31.4 Å². The van der Waals surface area contributed by atoms with Gasteiger partial charge in [0.25, 0.3) is 0 Å². The van der Waals surface area contributed by atoms with Crippen molar-refractivity contribution in [1.29, 1.82) is 0 Å². The molecule has 1 saturated carbocycles. The molecule has 1 heterocycles. The molecule has 1 aliphatic carbocycles. The van der Waals surface area contributed by atoms with Gasteiger partial charge in [-0.25, -0.2) is 0 Å². The van der Waals surface area contributed by atoms with Crippen molar-refractivity contribution in [3.8, 4) is 5.75 Å². The highest BCUT2D eigenvalue weighted by Gasteiger charge is 2.51. The molecule has 1 spiro atoms. The second-order valence-electron chi connectivity index (χ2n) is 5.58. The third-order valence-corrected chi connectivity index (χ3v) is 3.98. The van der Waals surface area contributed by atoms with Crippen LogP contribution in [-0.2, 0) is 0 Å². The Labute approximate surface area is 124 Å². The molecule has 0 radical (unpaired) electrons. The molecule has 0 saturated heterocycles. The smallest absolute Gasteiger partial charge is 0.127 e. The summed E-state index contributed by atoms with van der Waals surface area (Å²) >= 11 is 0. The third-order valence-electron chi connectivity index (χ3n) is 3.98. The zero-order chi connectivity index (χ0) is 14.9. The highest BCUT2D eigenvalue weighted by Crippen LogP contribution is 2.53. The van der Waals surface area contributed by atoms with Crippen LogP contribution >= 0.6 is 0 Å². The molecule has 0 aromatic heterocycles. The van der Waals surface area contributed by atoms with Gasteiger partial charge >= 0.3 is 0 Å². The number of nitrogens with two attached hydrogens (primary N) is 1. The van der Waals surface area contributed by atoms with Crippen molar-refractivity contribution < 1.29 is 9.84 Å². The molecule has 0 bridgehead atoms. The van der Waals surface area contributed by atoms with Crippen molar-refractivity contribution in [3.63, 3.8) is 0 Å². The molecule has 4 nitrogen and oxygen atoms in total. The maximum atomic E-state index is 9.20. The Kier molecular flexibility index (Phi) is 3.55. The van der Waals surface area contributed by atoms with Crippen molar-refractivity contribution in [2.24, 2.45) is 10.7 Å². The van der Waals surface area contributed by atoms with Crippen LogP contribution in [0.25, 0.3) is 5.57 Å². The summed E-state index contributed by atoms with van der Waals surface area (Å²) in [6.45, 7) is 1.83. The number of hydrogen-bond acceptors (Lipinski definition) is 4. The number of hydrogen-bond donors (Lipinski definition) is 2. The van der Waals surface area contributed by atoms with Gasteiger partial charge in [0, 0.05) is 17.4 Å². The van der Waals surface area contributed by atoms with Crippen LogP contribution in [0, 0.1) is 0 Å². The minimum absolute atomic E-state index is 0.0155. The Hall–Kier alpha value is -2.07. The lowest BCUT2D eigenvalue weighted by Crippen LogP contribution is -2.22. The SMILES string of the molecule is CC(CO)Oc1ccccc1C(C=CN)=C1C=NC12CC2. The van der Waals surface area contributed by atoms with E-state index in [4.69, 9.17) is 10.5 Å². The number of para-hydroxylation sites is 1. The van der Waals surface area contributed by atoms with Crippen molar-refractivity contribution in [3.05, 3.63) is 47.7 Å². The van der Waals surface area contributed by atoms with Crippen LogP contribution < -0.4 is 10.5 Å². The van der Waals surface area contributed by atoms with Gasteiger partial charge in [0.05, 0.1) is 12.1 Å². The molecule has 2 aliphatic rings. The third kappa shape index (κ3) is 2.47. The van der Waals surface area contributed by atoms with Gasteiger partial charge in [-0.05, 0) is 43.7 Å². The maximum absolute atomic E-state index is 9.20. The zero-order valence-corrected chi connectivity index (χ0v) is 12.1. The molecule has 4 heteroatoms. The van der Waals surface area contributed by atoms with E-state index in [2.05, 4.69) is 4.99 Å². The first-order valence-corrected chi connectivity index (χ1v) is 7.25. The van der Waals surface area contributed by atoms with E-state index >= 15 is 0 Å². The summed E-state index contributed by atoms with van der Waals surface area (Å²) in [6, 6.07) is 7.84. The average molecular weight is 284 g/mol. The predicted octanol–water partition coefficient (Wildman–Crippen LogP) is 2.29. The Balaban J connectivity index is 2.04. The maximum Gasteiger partial charge on any atom is 0.127 e. The molecule has 3 N–H and O–H groups in total. The van der Waals surface area contributed by atoms with Gasteiger partial charge in [0.15, 0.2) is 0 Å². The summed E-state index contributed by atoms with van der Waals surface area (Å²) in [5.74, 6) is 0.760. The largest absolute Gasteiger partial charge is 0.488 e. The number of allylic oxidation sites excluding steroid dienone is 2. The average Bonchev–Trinajstić information content (AvgIpc) is 3.29. The number of aliphatic hydroxyl groups excluding tert-OH is 1. The Morgan fingerprint density at radius 1 is 1.48 bits per heavy atom. The normalized spacial score (nSPS) is 22.2. The van der Waals surface area contributed by atoms with E-state index in [1.54, 1.807) is 6.20 Å². The second-order valence-corrected chi connectivity index (χ2v) is 5.58. The lowest BCUT2D eigenvalue weighted by molar-refractivity contribution is 0.129. The van der Waals surface area contributed by atoms with E-state index in [1.165, 1.54) is 5.57 Å². The van der Waals surface area contributed by atoms with Crippen LogP contribution in [0.4, 0.5) is 0 Å². The topological polar surface area (TPSA) is 67.8 Å². The molecule has 3 rings (SSSR count). The lowest BCUT2D eigenvalue weighted by Gasteiger charge is -2.25. The van der Waals surface area contributed by atoms with Crippen LogP contribution in [0.1, 0.15) is 25.3 Å². The summed E-state index contributed by atoms with van der Waals surface area (Å²) in [5.41, 5.74) is 8.95. The van der Waals surface area contributed by atoms with Gasteiger partial charge in [-0.1, -0.05) is 18.2 Å². The molecular weight excluding hydrogens is 264 g/mol. The summed E-state index contributed by atoms with van der Waals surface area (Å²) in [7, 11) is 0. The first kappa shape index (κ1) is 13.9. The predicted molar refractivity (Wildman–Crippen MR) is 84.3 cm³/mol. The minimum Gasteiger partial charge on any atom is -0.488 e. The van der Waals surface area contributed by atoms with E-state index in [0.717, 1.165) is 29.7 Å². The molecule has 1 aromatic carbocycles. The van der Waals surface area contributed by atoms with Crippen LogP contribution in [0.5, 0.6) is 5.75 Å². The standard InChI is InChI=1S/C17H20N2O2/c1-12(11-20)21-16-5-3-2-4-14(16)13(6-9-18)15-10-19-17(15)7-8-17/h2-6,9-10,12,20H,7-8,11,18H2,1H3. The van der Waals surface area contributed by atoms with Crippen LogP contribution in [-0.4, -0.2) is 29.6 Å². The Morgan fingerprint density at radius 2 is 2.24 bits per heavy atom. The summed E-state index contributed by atoms with van der Waals surface area (Å²) in [5, 5.41) is 9.20. The second kappa shape index (κ2) is 5.37. The van der Waals surface area contributed by atoms with Gasteiger partial charge in [-0.2, -0.15) is 0 Å². The lowest BCUT2D eigenvalue weighted by atomic mass is 9.90. The van der Waals surface area contributed by atoms with Crippen molar-refractivity contribution in [2.75, 3.05) is 6.61 Å². The first-order valence-electron chi connectivity index (χ1n) is 7.25. The van der Waals surface area contributed by atoms with E-state index in [9.17, 15) is 5.11 Å². The fraction of sp³-hybridized carbons (Fsp3) is 0.353. The van der Waals surface area contributed by atoms with E-state index in [1.807, 2.05) is 43.5 Å². The van der Waals surface area contributed by atoms with Crippen molar-refractivity contribution in [1.82, 2.24) is 0 Å². The van der Waals surface area contributed by atoms with Crippen LogP contribution in [0.2, 0.25) is 0 Å².